The zero-order valence-corrected chi connectivity index (χ0v) is 12.0. The number of rotatable bonds is 5. The van der Waals surface area contributed by atoms with Crippen molar-refractivity contribution >= 4 is 0 Å². The summed E-state index contributed by atoms with van der Waals surface area (Å²) < 4.78 is 7.31. The highest BCUT2D eigenvalue weighted by Crippen LogP contribution is 2.30. The lowest BCUT2D eigenvalue weighted by molar-refractivity contribution is 0.401. The van der Waals surface area contributed by atoms with Crippen LogP contribution in [0.1, 0.15) is 29.8 Å². The van der Waals surface area contributed by atoms with Crippen molar-refractivity contribution in [2.75, 3.05) is 13.7 Å². The van der Waals surface area contributed by atoms with E-state index in [4.69, 9.17) is 4.74 Å². The van der Waals surface area contributed by atoms with Gasteiger partial charge in [0.25, 0.3) is 0 Å². The molecule has 0 spiro atoms. The summed E-state index contributed by atoms with van der Waals surface area (Å²) in [4.78, 5) is 0. The van der Waals surface area contributed by atoms with Gasteiger partial charge in [-0.05, 0) is 24.6 Å². The standard InChI is InChI=1S/C15H21N3O/c1-5-16-14(12-9-7-6-8-11(12)2)15-13(19-4)10-17-18(15)3/h6-10,14,16H,5H2,1-4H3. The Kier molecular flexibility index (Phi) is 4.22. The van der Waals surface area contributed by atoms with Crippen LogP contribution in [0.3, 0.4) is 0 Å². The molecule has 0 saturated carbocycles. The normalized spacial score (nSPS) is 12.4. The van der Waals surface area contributed by atoms with Crippen molar-refractivity contribution in [1.82, 2.24) is 15.1 Å². The molecule has 0 fully saturated rings. The van der Waals surface area contributed by atoms with E-state index in [1.54, 1.807) is 13.3 Å². The number of nitrogens with one attached hydrogen (secondary N) is 1. The molecule has 0 radical (unpaired) electrons. The van der Waals surface area contributed by atoms with Gasteiger partial charge in [-0.2, -0.15) is 5.10 Å². The van der Waals surface area contributed by atoms with Gasteiger partial charge < -0.3 is 10.1 Å². The van der Waals surface area contributed by atoms with E-state index in [0.29, 0.717) is 0 Å². The van der Waals surface area contributed by atoms with Gasteiger partial charge in [0.15, 0.2) is 5.75 Å². The van der Waals surface area contributed by atoms with Crippen molar-refractivity contribution in [3.8, 4) is 5.75 Å². The fourth-order valence-electron chi connectivity index (χ4n) is 2.38. The molecule has 0 aliphatic heterocycles. The third kappa shape index (κ3) is 2.63. The maximum atomic E-state index is 5.43. The monoisotopic (exact) mass is 259 g/mol. The minimum Gasteiger partial charge on any atom is -0.493 e. The molecular formula is C15H21N3O. The molecule has 2 aromatic rings. The molecule has 2 rings (SSSR count). The van der Waals surface area contributed by atoms with Crippen molar-refractivity contribution in [3.05, 3.63) is 47.3 Å². The highest BCUT2D eigenvalue weighted by atomic mass is 16.5. The van der Waals surface area contributed by atoms with Crippen LogP contribution in [0.15, 0.2) is 30.5 Å². The van der Waals surface area contributed by atoms with Crippen LogP contribution in [-0.2, 0) is 7.05 Å². The van der Waals surface area contributed by atoms with E-state index in [0.717, 1.165) is 18.0 Å². The fraction of sp³-hybridized carbons (Fsp3) is 0.400. The molecule has 0 aliphatic carbocycles. The topological polar surface area (TPSA) is 39.1 Å². The summed E-state index contributed by atoms with van der Waals surface area (Å²) in [5, 5.41) is 7.81. The zero-order chi connectivity index (χ0) is 13.8. The van der Waals surface area contributed by atoms with Gasteiger partial charge in [-0.25, -0.2) is 0 Å². The van der Waals surface area contributed by atoms with Crippen LogP contribution in [-0.4, -0.2) is 23.4 Å². The lowest BCUT2D eigenvalue weighted by Crippen LogP contribution is -2.25. The Bertz CT molecular complexity index is 548. The smallest absolute Gasteiger partial charge is 0.161 e. The first kappa shape index (κ1) is 13.6. The van der Waals surface area contributed by atoms with Crippen LogP contribution in [0.2, 0.25) is 0 Å². The van der Waals surface area contributed by atoms with Crippen LogP contribution >= 0.6 is 0 Å². The van der Waals surface area contributed by atoms with Gasteiger partial charge >= 0.3 is 0 Å². The maximum absolute atomic E-state index is 5.43. The van der Waals surface area contributed by atoms with E-state index in [2.05, 4.69) is 48.5 Å². The van der Waals surface area contributed by atoms with Gasteiger partial charge in [-0.15, -0.1) is 0 Å². The maximum Gasteiger partial charge on any atom is 0.161 e. The van der Waals surface area contributed by atoms with E-state index in [9.17, 15) is 0 Å². The van der Waals surface area contributed by atoms with Crippen LogP contribution in [0.25, 0.3) is 0 Å². The summed E-state index contributed by atoms with van der Waals surface area (Å²) in [6.45, 7) is 5.12. The Morgan fingerprint density at radius 1 is 1.37 bits per heavy atom. The van der Waals surface area contributed by atoms with Crippen molar-refractivity contribution < 1.29 is 4.74 Å². The number of nitrogens with zero attached hydrogens (tertiary/aromatic N) is 2. The van der Waals surface area contributed by atoms with Gasteiger partial charge in [-0.1, -0.05) is 31.2 Å². The molecule has 1 N–H and O–H groups in total. The van der Waals surface area contributed by atoms with Gasteiger partial charge in [0.05, 0.1) is 19.3 Å². The van der Waals surface area contributed by atoms with E-state index in [1.807, 2.05) is 11.7 Å². The summed E-state index contributed by atoms with van der Waals surface area (Å²) >= 11 is 0. The number of benzene rings is 1. The predicted molar refractivity (Wildman–Crippen MR) is 76.5 cm³/mol. The third-order valence-electron chi connectivity index (χ3n) is 3.35. The lowest BCUT2D eigenvalue weighted by Gasteiger charge is -2.21. The number of hydrogen-bond acceptors (Lipinski definition) is 3. The van der Waals surface area contributed by atoms with Gasteiger partial charge in [0.2, 0.25) is 0 Å². The Hall–Kier alpha value is -1.81. The molecule has 19 heavy (non-hydrogen) atoms. The molecule has 0 bridgehead atoms. The summed E-state index contributed by atoms with van der Waals surface area (Å²) in [5.74, 6) is 0.816. The van der Waals surface area contributed by atoms with E-state index in [-0.39, 0.29) is 6.04 Å². The Balaban J connectivity index is 2.51. The number of aromatic nitrogens is 2. The average Bonchev–Trinajstić information content (AvgIpc) is 2.78. The predicted octanol–water partition coefficient (Wildman–Crippen LogP) is 2.44. The minimum atomic E-state index is 0.0913. The highest BCUT2D eigenvalue weighted by molar-refractivity contribution is 5.39. The van der Waals surface area contributed by atoms with E-state index in [1.165, 1.54) is 11.1 Å². The summed E-state index contributed by atoms with van der Waals surface area (Å²) in [5.41, 5.74) is 3.57. The van der Waals surface area contributed by atoms with Crippen LogP contribution in [0, 0.1) is 6.92 Å². The molecule has 1 heterocycles. The largest absolute Gasteiger partial charge is 0.493 e. The Morgan fingerprint density at radius 3 is 2.74 bits per heavy atom. The first-order valence-electron chi connectivity index (χ1n) is 6.53. The second-order valence-electron chi connectivity index (χ2n) is 4.57. The SMILES string of the molecule is CCNC(c1ccccc1C)c1c(OC)cnn1C. The zero-order valence-electron chi connectivity index (χ0n) is 12.0. The molecule has 0 aliphatic rings. The van der Waals surface area contributed by atoms with Crippen molar-refractivity contribution in [3.63, 3.8) is 0 Å². The quantitative estimate of drug-likeness (QED) is 0.896. The first-order valence-corrected chi connectivity index (χ1v) is 6.53. The number of aryl methyl sites for hydroxylation is 2. The van der Waals surface area contributed by atoms with Crippen molar-refractivity contribution in [2.24, 2.45) is 7.05 Å². The third-order valence-corrected chi connectivity index (χ3v) is 3.35. The molecular weight excluding hydrogens is 238 g/mol. The molecule has 0 saturated heterocycles. The molecule has 102 valence electrons. The second-order valence-corrected chi connectivity index (χ2v) is 4.57. The summed E-state index contributed by atoms with van der Waals surface area (Å²) in [6.07, 6.45) is 1.76. The van der Waals surface area contributed by atoms with E-state index < -0.39 is 0 Å². The van der Waals surface area contributed by atoms with Gasteiger partial charge in [0.1, 0.15) is 5.69 Å². The molecule has 1 aromatic carbocycles. The first-order chi connectivity index (χ1) is 9.19. The van der Waals surface area contributed by atoms with Gasteiger partial charge in [-0.3, -0.25) is 4.68 Å². The molecule has 1 atom stereocenters. The lowest BCUT2D eigenvalue weighted by atomic mass is 9.98. The Labute approximate surface area is 114 Å². The Morgan fingerprint density at radius 2 is 2.11 bits per heavy atom. The molecule has 4 nitrogen and oxygen atoms in total. The second kappa shape index (κ2) is 5.89. The van der Waals surface area contributed by atoms with Crippen LogP contribution < -0.4 is 10.1 Å². The number of ether oxygens (including phenoxy) is 1. The number of methoxy groups -OCH3 is 1. The van der Waals surface area contributed by atoms with Crippen molar-refractivity contribution in [1.29, 1.82) is 0 Å². The highest BCUT2D eigenvalue weighted by Gasteiger charge is 2.22. The molecule has 1 aromatic heterocycles. The van der Waals surface area contributed by atoms with Crippen molar-refractivity contribution in [2.45, 2.75) is 19.9 Å². The van der Waals surface area contributed by atoms with Crippen LogP contribution in [0.4, 0.5) is 0 Å². The summed E-state index contributed by atoms with van der Waals surface area (Å²) in [6, 6.07) is 8.49. The average molecular weight is 259 g/mol. The van der Waals surface area contributed by atoms with Crippen LogP contribution in [0.5, 0.6) is 5.75 Å². The van der Waals surface area contributed by atoms with E-state index >= 15 is 0 Å². The van der Waals surface area contributed by atoms with Gasteiger partial charge in [0, 0.05) is 7.05 Å². The number of hydrogen-bond donors (Lipinski definition) is 1. The molecule has 4 heteroatoms. The fourth-order valence-corrected chi connectivity index (χ4v) is 2.38. The molecule has 1 unspecified atom stereocenters. The molecule has 0 amide bonds. The minimum absolute atomic E-state index is 0.0913. The summed E-state index contributed by atoms with van der Waals surface area (Å²) in [7, 11) is 3.63.